The number of benzene rings is 4. The number of nitrogens with one attached hydrogen (secondary N) is 2. The summed E-state index contributed by atoms with van der Waals surface area (Å²) in [6, 6.07) is 26.6. The number of ether oxygens (including phenoxy) is 3. The standard InChI is InChI=1S/C41H48Cl2N2O5/c1-27-22-37(42)39(38(43)23-27)49-21-20-48-34-16-13-30(14-17-34)25-33(26-45-40(47)50-41(4,5)6)35-18-15-32(24-28(35)2)36-12-8-7-10-31(36)11-9-19-44-29(3)46/h7-8,10,12-18,22-24,33H,9,11,19-21,25-26H2,1-6H3,(H,44,46)(H,45,47). The lowest BCUT2D eigenvalue weighted by Crippen LogP contribution is -2.35. The van der Waals surface area contributed by atoms with E-state index in [0.717, 1.165) is 46.4 Å². The van der Waals surface area contributed by atoms with E-state index < -0.39 is 11.7 Å². The summed E-state index contributed by atoms with van der Waals surface area (Å²) in [5, 5.41) is 6.83. The molecule has 0 spiro atoms. The van der Waals surface area contributed by atoms with E-state index in [0.29, 0.717) is 48.5 Å². The largest absolute Gasteiger partial charge is 0.490 e. The zero-order valence-electron chi connectivity index (χ0n) is 29.8. The van der Waals surface area contributed by atoms with E-state index >= 15 is 0 Å². The van der Waals surface area contributed by atoms with Gasteiger partial charge in [0.25, 0.3) is 0 Å². The molecule has 0 aliphatic heterocycles. The Morgan fingerprint density at radius 2 is 1.52 bits per heavy atom. The molecule has 4 aromatic rings. The highest BCUT2D eigenvalue weighted by Crippen LogP contribution is 2.34. The highest BCUT2D eigenvalue weighted by molar-refractivity contribution is 6.37. The van der Waals surface area contributed by atoms with Crippen molar-refractivity contribution in [1.82, 2.24) is 10.6 Å². The van der Waals surface area contributed by atoms with Crippen LogP contribution in [0.5, 0.6) is 11.5 Å². The maximum atomic E-state index is 12.7. The number of halogens is 2. The maximum absolute atomic E-state index is 12.7. The molecule has 0 saturated heterocycles. The smallest absolute Gasteiger partial charge is 0.407 e. The summed E-state index contributed by atoms with van der Waals surface area (Å²) < 4.78 is 17.2. The van der Waals surface area contributed by atoms with E-state index in [-0.39, 0.29) is 11.8 Å². The second-order valence-electron chi connectivity index (χ2n) is 13.5. The molecule has 1 atom stereocenters. The first-order chi connectivity index (χ1) is 23.8. The van der Waals surface area contributed by atoms with Crippen LogP contribution in [0.1, 0.15) is 67.9 Å². The van der Waals surface area contributed by atoms with Crippen molar-refractivity contribution in [3.05, 3.63) is 117 Å². The van der Waals surface area contributed by atoms with Gasteiger partial charge in [0.05, 0.1) is 10.0 Å². The number of carbonyl (C=O) groups is 2. The molecule has 4 aromatic carbocycles. The van der Waals surface area contributed by atoms with E-state index in [1.807, 2.05) is 64.1 Å². The summed E-state index contributed by atoms with van der Waals surface area (Å²) in [6.45, 7) is 12.8. The molecular weight excluding hydrogens is 671 g/mol. The maximum Gasteiger partial charge on any atom is 0.407 e. The van der Waals surface area contributed by atoms with E-state index in [1.165, 1.54) is 18.1 Å². The van der Waals surface area contributed by atoms with Gasteiger partial charge in [0.1, 0.15) is 24.6 Å². The molecule has 0 radical (unpaired) electrons. The second-order valence-corrected chi connectivity index (χ2v) is 14.3. The minimum Gasteiger partial charge on any atom is -0.490 e. The molecule has 50 heavy (non-hydrogen) atoms. The number of aryl methyl sites for hydroxylation is 3. The van der Waals surface area contributed by atoms with Crippen LogP contribution in [0.15, 0.2) is 78.9 Å². The molecule has 0 aliphatic rings. The highest BCUT2D eigenvalue weighted by Gasteiger charge is 2.21. The van der Waals surface area contributed by atoms with Crippen LogP contribution in [0.25, 0.3) is 11.1 Å². The average molecular weight is 720 g/mol. The molecule has 7 nitrogen and oxygen atoms in total. The van der Waals surface area contributed by atoms with E-state index in [2.05, 4.69) is 60.0 Å². The number of alkyl carbamates (subject to hydrolysis) is 1. The lowest BCUT2D eigenvalue weighted by Gasteiger charge is -2.24. The second kappa shape index (κ2) is 18.2. The Kier molecular flexibility index (Phi) is 14.0. The minimum absolute atomic E-state index is 0.00589. The Morgan fingerprint density at radius 1 is 0.840 bits per heavy atom. The fraction of sp³-hybridized carbons (Fsp3) is 0.366. The van der Waals surface area contributed by atoms with Gasteiger partial charge < -0.3 is 24.8 Å². The molecule has 2 N–H and O–H groups in total. The Labute approximate surface area is 306 Å². The summed E-state index contributed by atoms with van der Waals surface area (Å²) in [4.78, 5) is 24.0. The van der Waals surface area contributed by atoms with Crippen LogP contribution >= 0.6 is 23.2 Å². The molecule has 0 heterocycles. The molecule has 0 fully saturated rings. The predicted octanol–water partition coefficient (Wildman–Crippen LogP) is 9.65. The van der Waals surface area contributed by atoms with Crippen molar-refractivity contribution in [2.24, 2.45) is 0 Å². The third kappa shape index (κ3) is 12.0. The topological polar surface area (TPSA) is 85.9 Å². The van der Waals surface area contributed by atoms with Crippen LogP contribution in [0.4, 0.5) is 4.79 Å². The molecule has 1 unspecified atom stereocenters. The van der Waals surface area contributed by atoms with Crippen molar-refractivity contribution in [2.45, 2.75) is 72.3 Å². The summed E-state index contributed by atoms with van der Waals surface area (Å²) in [5.74, 6) is 1.16. The van der Waals surface area contributed by atoms with Crippen LogP contribution in [-0.2, 0) is 22.4 Å². The van der Waals surface area contributed by atoms with Gasteiger partial charge in [-0.05, 0) is 117 Å². The monoisotopic (exact) mass is 718 g/mol. The van der Waals surface area contributed by atoms with Crippen LogP contribution < -0.4 is 20.1 Å². The zero-order valence-corrected chi connectivity index (χ0v) is 31.3. The number of hydrogen-bond donors (Lipinski definition) is 2. The van der Waals surface area contributed by atoms with E-state index in [1.54, 1.807) is 0 Å². The quantitative estimate of drug-likeness (QED) is 0.120. The zero-order chi connectivity index (χ0) is 36.3. The third-order valence-electron chi connectivity index (χ3n) is 8.07. The van der Waals surface area contributed by atoms with Crippen molar-refractivity contribution in [2.75, 3.05) is 26.3 Å². The fourth-order valence-corrected chi connectivity index (χ4v) is 6.52. The number of carbonyl (C=O) groups excluding carboxylic acids is 2. The molecule has 9 heteroatoms. The first kappa shape index (κ1) is 38.6. The van der Waals surface area contributed by atoms with Crippen molar-refractivity contribution in [1.29, 1.82) is 0 Å². The van der Waals surface area contributed by atoms with Gasteiger partial charge in [0, 0.05) is 25.9 Å². The normalized spacial score (nSPS) is 11.8. The molecule has 0 aromatic heterocycles. The Hall–Kier alpha value is -4.20. The Balaban J connectivity index is 1.46. The number of hydrogen-bond acceptors (Lipinski definition) is 5. The molecular formula is C41H48Cl2N2O5. The van der Waals surface area contributed by atoms with Gasteiger partial charge in [-0.25, -0.2) is 4.79 Å². The summed E-state index contributed by atoms with van der Waals surface area (Å²) in [6.07, 6.45) is 1.98. The lowest BCUT2D eigenvalue weighted by molar-refractivity contribution is -0.118. The van der Waals surface area contributed by atoms with E-state index in [9.17, 15) is 9.59 Å². The fourth-order valence-electron chi connectivity index (χ4n) is 5.81. The SMILES string of the molecule is CC(=O)NCCCc1ccccc1-c1ccc(C(CNC(=O)OC(C)(C)C)Cc2ccc(OCCOc3c(Cl)cc(C)cc3Cl)cc2)c(C)c1. The third-order valence-corrected chi connectivity index (χ3v) is 8.63. The van der Waals surface area contributed by atoms with Gasteiger partial charge in [0.2, 0.25) is 5.91 Å². The van der Waals surface area contributed by atoms with Gasteiger partial charge in [-0.2, -0.15) is 0 Å². The first-order valence-corrected chi connectivity index (χ1v) is 17.7. The Morgan fingerprint density at radius 3 is 2.18 bits per heavy atom. The van der Waals surface area contributed by atoms with Crippen LogP contribution in [0.2, 0.25) is 10.0 Å². The van der Waals surface area contributed by atoms with Crippen LogP contribution in [0, 0.1) is 13.8 Å². The number of rotatable bonds is 15. The van der Waals surface area contributed by atoms with Gasteiger partial charge in [0.15, 0.2) is 5.75 Å². The van der Waals surface area contributed by atoms with Crippen molar-refractivity contribution >= 4 is 35.2 Å². The highest BCUT2D eigenvalue weighted by atomic mass is 35.5. The molecule has 4 rings (SSSR count). The van der Waals surface area contributed by atoms with Crippen LogP contribution in [-0.4, -0.2) is 43.9 Å². The minimum atomic E-state index is -0.591. The average Bonchev–Trinajstić information content (AvgIpc) is 3.04. The molecule has 0 bridgehead atoms. The van der Waals surface area contributed by atoms with Crippen LogP contribution in [0.3, 0.4) is 0 Å². The van der Waals surface area contributed by atoms with Gasteiger partial charge in [-0.15, -0.1) is 0 Å². The summed E-state index contributed by atoms with van der Waals surface area (Å²) in [7, 11) is 0. The van der Waals surface area contributed by atoms with Gasteiger partial charge in [-0.3, -0.25) is 4.79 Å². The van der Waals surface area contributed by atoms with E-state index in [4.69, 9.17) is 37.4 Å². The molecule has 0 aliphatic carbocycles. The van der Waals surface area contributed by atoms with Gasteiger partial charge in [-0.1, -0.05) is 77.8 Å². The summed E-state index contributed by atoms with van der Waals surface area (Å²) in [5.41, 5.74) is 7.33. The summed E-state index contributed by atoms with van der Waals surface area (Å²) >= 11 is 12.6. The predicted molar refractivity (Wildman–Crippen MR) is 203 cm³/mol. The van der Waals surface area contributed by atoms with Crippen molar-refractivity contribution in [3.63, 3.8) is 0 Å². The van der Waals surface area contributed by atoms with Crippen molar-refractivity contribution in [3.8, 4) is 22.6 Å². The number of amides is 2. The Bertz CT molecular complexity index is 1730. The molecule has 2 amide bonds. The van der Waals surface area contributed by atoms with Gasteiger partial charge >= 0.3 is 6.09 Å². The first-order valence-electron chi connectivity index (χ1n) is 17.0. The lowest BCUT2D eigenvalue weighted by atomic mass is 9.86. The van der Waals surface area contributed by atoms with Crippen molar-refractivity contribution < 1.29 is 23.8 Å². The molecule has 266 valence electrons. The molecule has 0 saturated carbocycles.